The van der Waals surface area contributed by atoms with Gasteiger partial charge in [0.1, 0.15) is 6.54 Å². The van der Waals surface area contributed by atoms with E-state index < -0.39 is 6.04 Å². The molecule has 0 aliphatic rings. The van der Waals surface area contributed by atoms with Crippen LogP contribution in [0.4, 0.5) is 10.5 Å². The molecule has 1 amide bonds. The smallest absolute Gasteiger partial charge is 0.279 e. The highest BCUT2D eigenvalue weighted by Crippen LogP contribution is 2.39. The molecule has 0 aliphatic carbocycles. The lowest BCUT2D eigenvalue weighted by molar-refractivity contribution is -0.121. The summed E-state index contributed by atoms with van der Waals surface area (Å²) in [6, 6.07) is 12.9. The predicted molar refractivity (Wildman–Crippen MR) is 143 cm³/mol. The lowest BCUT2D eigenvalue weighted by Gasteiger charge is -2.15. The summed E-state index contributed by atoms with van der Waals surface area (Å²) in [6.07, 6.45) is 1.24. The fourth-order valence-electron chi connectivity index (χ4n) is 3.08. The number of aryl methyl sites for hydroxylation is 1. The van der Waals surface area contributed by atoms with Crippen molar-refractivity contribution in [1.82, 2.24) is 25.5 Å². The number of tetrazole rings is 1. The first-order valence-electron chi connectivity index (χ1n) is 10.9. The first-order chi connectivity index (χ1) is 16.8. The molecule has 0 saturated heterocycles. The Labute approximate surface area is 223 Å². The Kier molecular flexibility index (Phi) is 10.3. The van der Waals surface area contributed by atoms with Crippen LogP contribution < -0.4 is 10.2 Å². The first-order valence-corrected chi connectivity index (χ1v) is 13.4. The van der Waals surface area contributed by atoms with Crippen LogP contribution in [-0.4, -0.2) is 57.1 Å². The number of amides is 1. The lowest BCUT2D eigenvalue weighted by Crippen LogP contribution is -2.40. The minimum absolute atomic E-state index is 0.109. The average Bonchev–Trinajstić information content (AvgIpc) is 3.27. The molecule has 1 unspecified atom stereocenters. The molecule has 1 heterocycles. The second-order valence-electron chi connectivity index (χ2n) is 7.78. The number of halogens is 2. The summed E-state index contributed by atoms with van der Waals surface area (Å²) < 4.78 is 0. The van der Waals surface area contributed by atoms with Crippen LogP contribution in [0.15, 0.2) is 52.5 Å². The summed E-state index contributed by atoms with van der Waals surface area (Å²) in [7, 11) is 3.79. The van der Waals surface area contributed by atoms with Crippen molar-refractivity contribution < 1.29 is 9.59 Å². The Hall–Kier alpha value is -2.27. The standard InChI is InChI=1S/C23H26Cl2N6O2S2/c1-4-19(26-23(33)34-11-10-15-8-6-5-7-9-15)20(32)14-31-28-22(27-29-31)35-21-17(24)12-16(30(2)3)13-18(21)25/h5-9,12-13,19H,4,10-11,14H2,1-3H3,(H,26,33). The summed E-state index contributed by atoms with van der Waals surface area (Å²) >= 11 is 15.1. The minimum Gasteiger partial charge on any atom is -0.378 e. The van der Waals surface area contributed by atoms with E-state index in [1.165, 1.54) is 28.3 Å². The Morgan fingerprint density at radius 2 is 1.83 bits per heavy atom. The lowest BCUT2D eigenvalue weighted by atomic mass is 10.1. The zero-order valence-electron chi connectivity index (χ0n) is 19.6. The highest BCUT2D eigenvalue weighted by molar-refractivity contribution is 8.13. The van der Waals surface area contributed by atoms with Crippen LogP contribution in [0.5, 0.6) is 0 Å². The summed E-state index contributed by atoms with van der Waals surface area (Å²) in [5.74, 6) is 0.427. The molecule has 35 heavy (non-hydrogen) atoms. The minimum atomic E-state index is -0.628. The van der Waals surface area contributed by atoms with Crippen molar-refractivity contribution in [2.75, 3.05) is 24.7 Å². The number of nitrogens with one attached hydrogen (secondary N) is 1. The molecule has 0 bridgehead atoms. The average molecular weight is 554 g/mol. The number of carbonyl (C=O) groups is 2. The van der Waals surface area contributed by atoms with Gasteiger partial charge in [-0.15, -0.1) is 10.2 Å². The number of benzene rings is 2. The summed E-state index contributed by atoms with van der Waals surface area (Å²) in [6.45, 7) is 1.73. The van der Waals surface area contributed by atoms with E-state index in [0.29, 0.717) is 32.3 Å². The van der Waals surface area contributed by atoms with E-state index in [1.807, 2.05) is 56.3 Å². The van der Waals surface area contributed by atoms with Crippen LogP contribution in [-0.2, 0) is 17.8 Å². The molecule has 0 fully saturated rings. The molecule has 12 heteroatoms. The number of hydrogen-bond acceptors (Lipinski definition) is 8. The van der Waals surface area contributed by atoms with Crippen molar-refractivity contribution in [2.45, 2.75) is 42.4 Å². The largest absolute Gasteiger partial charge is 0.378 e. The van der Waals surface area contributed by atoms with Crippen LogP contribution >= 0.6 is 46.7 Å². The molecular weight excluding hydrogens is 527 g/mol. The van der Waals surface area contributed by atoms with Gasteiger partial charge in [0, 0.05) is 25.5 Å². The highest BCUT2D eigenvalue weighted by Gasteiger charge is 2.21. The van der Waals surface area contributed by atoms with Crippen molar-refractivity contribution in [3.8, 4) is 0 Å². The molecule has 0 spiro atoms. The molecule has 8 nitrogen and oxygen atoms in total. The Bertz CT molecular complexity index is 1140. The molecule has 3 aromatic rings. The third-order valence-electron chi connectivity index (χ3n) is 4.98. The SMILES string of the molecule is CCC(NC(=O)SCCc1ccccc1)C(=O)Cn1nnc(Sc2c(Cl)cc(N(C)C)cc2Cl)n1. The zero-order valence-corrected chi connectivity index (χ0v) is 22.7. The van der Waals surface area contributed by atoms with E-state index in [-0.39, 0.29) is 17.6 Å². The van der Waals surface area contributed by atoms with Crippen molar-refractivity contribution >= 4 is 63.4 Å². The van der Waals surface area contributed by atoms with Crippen LogP contribution in [0.2, 0.25) is 10.0 Å². The molecule has 186 valence electrons. The van der Waals surface area contributed by atoms with Crippen LogP contribution in [0, 0.1) is 0 Å². The zero-order chi connectivity index (χ0) is 25.4. The summed E-state index contributed by atoms with van der Waals surface area (Å²) in [4.78, 5) is 28.8. The van der Waals surface area contributed by atoms with Crippen molar-refractivity contribution in [2.24, 2.45) is 0 Å². The third-order valence-corrected chi connectivity index (χ3v) is 7.58. The van der Waals surface area contributed by atoms with E-state index in [4.69, 9.17) is 23.2 Å². The second kappa shape index (κ2) is 13.2. The number of anilines is 1. The quantitative estimate of drug-likeness (QED) is 0.345. The number of rotatable bonds is 11. The Morgan fingerprint density at radius 1 is 1.14 bits per heavy atom. The van der Waals surface area contributed by atoms with Gasteiger partial charge in [-0.25, -0.2) is 0 Å². The van der Waals surface area contributed by atoms with Gasteiger partial charge >= 0.3 is 0 Å². The topological polar surface area (TPSA) is 93.0 Å². The molecule has 3 rings (SSSR count). The van der Waals surface area contributed by atoms with Gasteiger partial charge < -0.3 is 10.2 Å². The number of Topliss-reactive ketones (excluding diaryl/α,β-unsaturated/α-hetero) is 1. The van der Waals surface area contributed by atoms with E-state index in [9.17, 15) is 9.59 Å². The number of thioether (sulfide) groups is 1. The van der Waals surface area contributed by atoms with Crippen LogP contribution in [0.1, 0.15) is 18.9 Å². The van der Waals surface area contributed by atoms with E-state index in [0.717, 1.165) is 17.7 Å². The molecule has 1 atom stereocenters. The van der Waals surface area contributed by atoms with E-state index in [1.54, 1.807) is 12.1 Å². The highest BCUT2D eigenvalue weighted by atomic mass is 35.5. The van der Waals surface area contributed by atoms with Gasteiger partial charge in [0.05, 0.1) is 21.0 Å². The van der Waals surface area contributed by atoms with E-state index >= 15 is 0 Å². The maximum Gasteiger partial charge on any atom is 0.279 e. The van der Waals surface area contributed by atoms with Gasteiger partial charge in [-0.2, -0.15) is 4.80 Å². The van der Waals surface area contributed by atoms with Crippen LogP contribution in [0.25, 0.3) is 0 Å². The van der Waals surface area contributed by atoms with Gasteiger partial charge in [0.2, 0.25) is 5.16 Å². The predicted octanol–water partition coefficient (Wildman–Crippen LogP) is 5.23. The second-order valence-corrected chi connectivity index (χ2v) is 10.6. The van der Waals surface area contributed by atoms with Gasteiger partial charge in [-0.3, -0.25) is 9.59 Å². The molecule has 1 N–H and O–H groups in total. The fourth-order valence-corrected chi connectivity index (χ4v) is 5.24. The summed E-state index contributed by atoms with van der Waals surface area (Å²) in [5, 5.41) is 16.0. The van der Waals surface area contributed by atoms with Crippen molar-refractivity contribution in [3.63, 3.8) is 0 Å². The molecule has 1 aromatic heterocycles. The maximum absolute atomic E-state index is 12.7. The first kappa shape index (κ1) is 27.3. The Morgan fingerprint density at radius 3 is 2.46 bits per heavy atom. The number of ketones is 1. The number of carbonyl (C=O) groups excluding carboxylic acids is 2. The molecule has 0 radical (unpaired) electrons. The summed E-state index contributed by atoms with van der Waals surface area (Å²) in [5.41, 5.74) is 2.04. The monoisotopic (exact) mass is 552 g/mol. The normalized spacial score (nSPS) is 11.8. The fraction of sp³-hybridized carbons (Fsp3) is 0.348. The van der Waals surface area contributed by atoms with Crippen molar-refractivity contribution in [3.05, 3.63) is 58.1 Å². The number of hydrogen-bond donors (Lipinski definition) is 1. The number of aromatic nitrogens is 4. The van der Waals surface area contributed by atoms with Gasteiger partial charge in [0.15, 0.2) is 5.78 Å². The Balaban J connectivity index is 1.53. The molecular formula is C23H26Cl2N6O2S2. The van der Waals surface area contributed by atoms with Gasteiger partial charge in [0.25, 0.3) is 5.24 Å². The van der Waals surface area contributed by atoms with E-state index in [2.05, 4.69) is 20.7 Å². The molecule has 0 aliphatic heterocycles. The maximum atomic E-state index is 12.7. The van der Waals surface area contributed by atoms with Gasteiger partial charge in [-0.05, 0) is 47.5 Å². The van der Waals surface area contributed by atoms with Crippen LogP contribution in [0.3, 0.4) is 0 Å². The third kappa shape index (κ3) is 8.13. The molecule has 2 aromatic carbocycles. The molecule has 0 saturated carbocycles. The van der Waals surface area contributed by atoms with Gasteiger partial charge in [-0.1, -0.05) is 72.2 Å². The van der Waals surface area contributed by atoms with Crippen molar-refractivity contribution in [1.29, 1.82) is 0 Å². The number of nitrogens with zero attached hydrogens (tertiary/aromatic N) is 5.